The van der Waals surface area contributed by atoms with Crippen molar-refractivity contribution in [1.29, 1.82) is 0 Å². The van der Waals surface area contributed by atoms with Crippen LogP contribution in [0.25, 0.3) is 10.7 Å². The Kier molecular flexibility index (Phi) is 5.05. The molecule has 3 aromatic rings. The fraction of sp³-hybridized carbons (Fsp3) is 0.188. The van der Waals surface area contributed by atoms with E-state index in [0.29, 0.717) is 5.82 Å². The van der Waals surface area contributed by atoms with E-state index in [1.807, 2.05) is 17.5 Å². The number of carbonyl (C=O) groups excluding carboxylic acids is 1. The molecule has 0 spiro atoms. The Morgan fingerprint density at radius 2 is 2.04 bits per heavy atom. The molecule has 2 heterocycles. The normalized spacial score (nSPS) is 11.3. The largest absolute Gasteiger partial charge is 0.343 e. The highest BCUT2D eigenvalue weighted by Gasteiger charge is 2.20. The van der Waals surface area contributed by atoms with Gasteiger partial charge >= 0.3 is 0 Å². The number of para-hydroxylation sites is 1. The molecule has 1 N–H and O–H groups in total. The molecule has 10 heteroatoms. The maximum atomic E-state index is 12.5. The quantitative estimate of drug-likeness (QED) is 0.689. The van der Waals surface area contributed by atoms with Crippen LogP contribution in [0.2, 0.25) is 0 Å². The van der Waals surface area contributed by atoms with E-state index in [0.717, 1.165) is 15.4 Å². The van der Waals surface area contributed by atoms with Crippen molar-refractivity contribution in [3.8, 4) is 10.7 Å². The van der Waals surface area contributed by atoms with Gasteiger partial charge in [-0.1, -0.05) is 23.4 Å². The Morgan fingerprint density at radius 1 is 1.27 bits per heavy atom. The van der Waals surface area contributed by atoms with Gasteiger partial charge in [0.05, 0.1) is 28.9 Å². The smallest absolute Gasteiger partial charge is 0.253 e. The zero-order valence-corrected chi connectivity index (χ0v) is 15.7. The van der Waals surface area contributed by atoms with Crippen LogP contribution in [0.15, 0.2) is 46.3 Å². The highest BCUT2D eigenvalue weighted by atomic mass is 32.2. The standard InChI is InChI=1S/C16H16N4O4S2/c1-20(26(2,22)23)12-7-4-3-6-11(12)16(21)17-10-14-18-15(19-24-14)13-8-5-9-25-13/h3-9H,10H2,1-2H3,(H,17,21). The van der Waals surface area contributed by atoms with Gasteiger partial charge in [0.25, 0.3) is 5.91 Å². The molecule has 0 bridgehead atoms. The van der Waals surface area contributed by atoms with E-state index < -0.39 is 15.9 Å². The van der Waals surface area contributed by atoms with E-state index in [1.165, 1.54) is 18.4 Å². The van der Waals surface area contributed by atoms with Crippen molar-refractivity contribution in [1.82, 2.24) is 15.5 Å². The third kappa shape index (κ3) is 3.92. The molecule has 1 aromatic carbocycles. The predicted octanol–water partition coefficient (Wildman–Crippen LogP) is 2.12. The Bertz CT molecular complexity index is 1010. The minimum atomic E-state index is -3.49. The lowest BCUT2D eigenvalue weighted by Gasteiger charge is -2.19. The highest BCUT2D eigenvalue weighted by Crippen LogP contribution is 2.22. The first-order valence-corrected chi connectivity index (χ1v) is 10.3. The molecular weight excluding hydrogens is 376 g/mol. The Hall–Kier alpha value is -2.72. The summed E-state index contributed by atoms with van der Waals surface area (Å²) in [6.45, 7) is 0.0358. The molecule has 26 heavy (non-hydrogen) atoms. The zero-order chi connectivity index (χ0) is 18.7. The Balaban J connectivity index is 1.73. The van der Waals surface area contributed by atoms with E-state index in [9.17, 15) is 13.2 Å². The van der Waals surface area contributed by atoms with Crippen LogP contribution >= 0.6 is 11.3 Å². The molecule has 0 radical (unpaired) electrons. The third-order valence-corrected chi connectivity index (χ3v) is 5.65. The van der Waals surface area contributed by atoms with Gasteiger partial charge in [0.1, 0.15) is 0 Å². The molecule has 2 aromatic heterocycles. The van der Waals surface area contributed by atoms with Gasteiger partial charge in [0, 0.05) is 7.05 Å². The minimum Gasteiger partial charge on any atom is -0.343 e. The first-order chi connectivity index (χ1) is 12.4. The van der Waals surface area contributed by atoms with Gasteiger partial charge in [-0.15, -0.1) is 11.3 Å². The molecule has 0 atom stereocenters. The molecule has 1 amide bonds. The second-order valence-corrected chi connectivity index (χ2v) is 8.38. The molecule has 0 fully saturated rings. The van der Waals surface area contributed by atoms with Crippen LogP contribution in [-0.4, -0.2) is 37.8 Å². The van der Waals surface area contributed by atoms with Crippen LogP contribution in [-0.2, 0) is 16.6 Å². The molecular formula is C16H16N4O4S2. The van der Waals surface area contributed by atoms with Crippen LogP contribution in [0.1, 0.15) is 16.2 Å². The number of rotatable bonds is 6. The summed E-state index contributed by atoms with van der Waals surface area (Å²) in [5.41, 5.74) is 0.524. The van der Waals surface area contributed by atoms with Gasteiger partial charge < -0.3 is 9.84 Å². The average Bonchev–Trinajstić information content (AvgIpc) is 3.29. The van der Waals surface area contributed by atoms with Crippen LogP contribution in [0, 0.1) is 0 Å². The summed E-state index contributed by atoms with van der Waals surface area (Å²) >= 11 is 1.48. The zero-order valence-electron chi connectivity index (χ0n) is 14.0. The second kappa shape index (κ2) is 7.26. The molecule has 0 aliphatic heterocycles. The van der Waals surface area contributed by atoms with Gasteiger partial charge in [-0.3, -0.25) is 9.10 Å². The number of sulfonamides is 1. The summed E-state index contributed by atoms with van der Waals surface area (Å²) in [6, 6.07) is 10.2. The van der Waals surface area contributed by atoms with Crippen molar-refractivity contribution in [2.75, 3.05) is 17.6 Å². The van der Waals surface area contributed by atoms with Gasteiger partial charge in [-0.25, -0.2) is 8.42 Å². The molecule has 0 aliphatic rings. The molecule has 0 saturated heterocycles. The number of benzene rings is 1. The van der Waals surface area contributed by atoms with Crippen LogP contribution in [0.3, 0.4) is 0 Å². The molecule has 8 nitrogen and oxygen atoms in total. The number of thiophene rings is 1. The van der Waals surface area contributed by atoms with E-state index >= 15 is 0 Å². The van der Waals surface area contributed by atoms with Crippen LogP contribution in [0.4, 0.5) is 5.69 Å². The third-order valence-electron chi connectivity index (χ3n) is 3.60. The van der Waals surface area contributed by atoms with E-state index in [4.69, 9.17) is 4.52 Å². The average molecular weight is 392 g/mol. The Labute approximate surface area is 154 Å². The van der Waals surface area contributed by atoms with Crippen molar-refractivity contribution in [3.05, 3.63) is 53.2 Å². The number of anilines is 1. The van der Waals surface area contributed by atoms with Crippen molar-refractivity contribution in [3.63, 3.8) is 0 Å². The summed E-state index contributed by atoms with van der Waals surface area (Å²) in [6.07, 6.45) is 1.08. The number of amides is 1. The lowest BCUT2D eigenvalue weighted by atomic mass is 10.1. The predicted molar refractivity (Wildman–Crippen MR) is 98.5 cm³/mol. The second-order valence-electron chi connectivity index (χ2n) is 5.42. The fourth-order valence-electron chi connectivity index (χ4n) is 2.20. The Morgan fingerprint density at radius 3 is 2.73 bits per heavy atom. The lowest BCUT2D eigenvalue weighted by Crippen LogP contribution is -2.29. The highest BCUT2D eigenvalue weighted by molar-refractivity contribution is 7.92. The van der Waals surface area contributed by atoms with Crippen LogP contribution in [0.5, 0.6) is 0 Å². The summed E-state index contributed by atoms with van der Waals surface area (Å²) in [5.74, 6) is 0.282. The molecule has 136 valence electrons. The number of hydrogen-bond donors (Lipinski definition) is 1. The number of carbonyl (C=O) groups is 1. The maximum Gasteiger partial charge on any atom is 0.253 e. The minimum absolute atomic E-state index is 0.0358. The molecule has 3 rings (SSSR count). The van der Waals surface area contributed by atoms with Crippen molar-refractivity contribution in [2.24, 2.45) is 0 Å². The van der Waals surface area contributed by atoms with E-state index in [1.54, 1.807) is 24.3 Å². The molecule has 0 unspecified atom stereocenters. The number of nitrogens with zero attached hydrogens (tertiary/aromatic N) is 3. The van der Waals surface area contributed by atoms with E-state index in [-0.39, 0.29) is 23.7 Å². The summed E-state index contributed by atoms with van der Waals surface area (Å²) in [5, 5.41) is 8.45. The first kappa shape index (κ1) is 18.1. The summed E-state index contributed by atoms with van der Waals surface area (Å²) in [4.78, 5) is 17.6. The van der Waals surface area contributed by atoms with Gasteiger partial charge in [0.2, 0.25) is 21.7 Å². The maximum absolute atomic E-state index is 12.5. The first-order valence-electron chi connectivity index (χ1n) is 7.54. The lowest BCUT2D eigenvalue weighted by molar-refractivity contribution is 0.0947. The van der Waals surface area contributed by atoms with Crippen molar-refractivity contribution < 1.29 is 17.7 Å². The number of nitrogens with one attached hydrogen (secondary N) is 1. The summed E-state index contributed by atoms with van der Waals surface area (Å²) in [7, 11) is -2.09. The van der Waals surface area contributed by atoms with Crippen LogP contribution < -0.4 is 9.62 Å². The fourth-order valence-corrected chi connectivity index (χ4v) is 3.37. The van der Waals surface area contributed by atoms with Crippen molar-refractivity contribution >= 4 is 33.0 Å². The number of aromatic nitrogens is 2. The van der Waals surface area contributed by atoms with E-state index in [2.05, 4.69) is 15.5 Å². The van der Waals surface area contributed by atoms with Gasteiger partial charge in [0.15, 0.2) is 0 Å². The molecule has 0 aliphatic carbocycles. The van der Waals surface area contributed by atoms with Gasteiger partial charge in [-0.2, -0.15) is 4.98 Å². The topological polar surface area (TPSA) is 105 Å². The molecule has 0 saturated carbocycles. The SMILES string of the molecule is CN(c1ccccc1C(=O)NCc1nc(-c2cccs2)no1)S(C)(=O)=O. The van der Waals surface area contributed by atoms with Gasteiger partial charge in [-0.05, 0) is 23.6 Å². The number of hydrogen-bond acceptors (Lipinski definition) is 7. The van der Waals surface area contributed by atoms with Crippen molar-refractivity contribution in [2.45, 2.75) is 6.54 Å². The summed E-state index contributed by atoms with van der Waals surface area (Å²) < 4.78 is 29.7. The monoisotopic (exact) mass is 392 g/mol.